The zero-order chi connectivity index (χ0) is 12.7. The number of carbonyl (C=O) groups excluding carboxylic acids is 1. The van der Waals surface area contributed by atoms with Crippen LogP contribution in [-0.4, -0.2) is 17.9 Å². The molecule has 0 atom stereocenters. The summed E-state index contributed by atoms with van der Waals surface area (Å²) in [6.07, 6.45) is 1.71. The lowest BCUT2D eigenvalue weighted by atomic mass is 10.1. The van der Waals surface area contributed by atoms with Crippen LogP contribution in [0.5, 0.6) is 0 Å². The van der Waals surface area contributed by atoms with E-state index in [1.807, 2.05) is 37.3 Å². The maximum Gasteiger partial charge on any atom is 0.260 e. The molecule has 0 bridgehead atoms. The Kier molecular flexibility index (Phi) is 2.30. The molecule has 1 aliphatic heterocycles. The zero-order valence-electron chi connectivity index (χ0n) is 10.3. The quantitative estimate of drug-likeness (QED) is 0.768. The SMILES string of the molecule is Cc1ccc2c(c1)C(=O)N(C)c1cccnc1N2. The molecule has 4 nitrogen and oxygen atoms in total. The first-order valence-corrected chi connectivity index (χ1v) is 5.77. The average Bonchev–Trinajstić information content (AvgIpc) is 2.48. The highest BCUT2D eigenvalue weighted by molar-refractivity contribution is 6.12. The van der Waals surface area contributed by atoms with Crippen molar-refractivity contribution in [1.82, 2.24) is 4.98 Å². The molecular formula is C14H13N3O. The van der Waals surface area contributed by atoms with Crippen molar-refractivity contribution in [3.05, 3.63) is 47.7 Å². The molecule has 0 saturated heterocycles. The summed E-state index contributed by atoms with van der Waals surface area (Å²) in [5, 5.41) is 3.22. The number of hydrogen-bond donors (Lipinski definition) is 1. The third-order valence-corrected chi connectivity index (χ3v) is 3.11. The molecule has 1 aromatic heterocycles. The summed E-state index contributed by atoms with van der Waals surface area (Å²) >= 11 is 0. The topological polar surface area (TPSA) is 45.2 Å². The van der Waals surface area contributed by atoms with Gasteiger partial charge in [0.05, 0.1) is 16.9 Å². The molecule has 0 radical (unpaired) electrons. The van der Waals surface area contributed by atoms with E-state index in [1.165, 1.54) is 0 Å². The maximum atomic E-state index is 12.4. The fraction of sp³-hybridized carbons (Fsp3) is 0.143. The van der Waals surface area contributed by atoms with Crippen LogP contribution >= 0.6 is 0 Å². The Bertz CT molecular complexity index is 637. The number of fused-ring (bicyclic) bond motifs is 2. The number of aromatic nitrogens is 1. The van der Waals surface area contributed by atoms with E-state index in [9.17, 15) is 4.79 Å². The summed E-state index contributed by atoms with van der Waals surface area (Å²) in [5.74, 6) is 0.684. The van der Waals surface area contributed by atoms with Crippen molar-refractivity contribution in [2.24, 2.45) is 0 Å². The number of nitrogens with zero attached hydrogens (tertiary/aromatic N) is 2. The standard InChI is InChI=1S/C14H13N3O/c1-9-5-6-11-10(8-9)14(18)17(2)12-4-3-7-15-13(12)16-11/h3-8H,1-2H3,(H,15,16). The Morgan fingerprint density at radius 1 is 1.28 bits per heavy atom. The predicted molar refractivity (Wildman–Crippen MR) is 71.4 cm³/mol. The molecule has 2 heterocycles. The van der Waals surface area contributed by atoms with Crippen molar-refractivity contribution in [2.45, 2.75) is 6.92 Å². The fourth-order valence-corrected chi connectivity index (χ4v) is 2.13. The van der Waals surface area contributed by atoms with Gasteiger partial charge in [0, 0.05) is 13.2 Å². The van der Waals surface area contributed by atoms with Gasteiger partial charge in [0.25, 0.3) is 5.91 Å². The van der Waals surface area contributed by atoms with E-state index in [0.29, 0.717) is 11.4 Å². The summed E-state index contributed by atoms with van der Waals surface area (Å²) in [4.78, 5) is 18.3. The van der Waals surface area contributed by atoms with Crippen LogP contribution in [0.1, 0.15) is 15.9 Å². The van der Waals surface area contributed by atoms with Gasteiger partial charge in [-0.15, -0.1) is 0 Å². The molecule has 1 amide bonds. The van der Waals surface area contributed by atoms with Crippen molar-refractivity contribution in [3.63, 3.8) is 0 Å². The van der Waals surface area contributed by atoms with Gasteiger partial charge in [0.2, 0.25) is 0 Å². The molecule has 0 unspecified atom stereocenters. The van der Waals surface area contributed by atoms with E-state index in [1.54, 1.807) is 18.1 Å². The normalized spacial score (nSPS) is 13.4. The molecule has 4 heteroatoms. The third-order valence-electron chi connectivity index (χ3n) is 3.11. The lowest BCUT2D eigenvalue weighted by molar-refractivity contribution is 0.0994. The highest BCUT2D eigenvalue weighted by Crippen LogP contribution is 2.33. The van der Waals surface area contributed by atoms with Crippen LogP contribution in [0, 0.1) is 6.92 Å². The van der Waals surface area contributed by atoms with E-state index < -0.39 is 0 Å². The van der Waals surface area contributed by atoms with Crippen molar-refractivity contribution in [1.29, 1.82) is 0 Å². The van der Waals surface area contributed by atoms with Crippen LogP contribution < -0.4 is 10.2 Å². The van der Waals surface area contributed by atoms with Crippen LogP contribution in [0.25, 0.3) is 0 Å². The summed E-state index contributed by atoms with van der Waals surface area (Å²) in [7, 11) is 1.77. The second-order valence-corrected chi connectivity index (χ2v) is 4.41. The molecule has 18 heavy (non-hydrogen) atoms. The number of aryl methyl sites for hydroxylation is 1. The summed E-state index contributed by atoms with van der Waals surface area (Å²) in [6, 6.07) is 9.50. The molecule has 90 valence electrons. The second kappa shape index (κ2) is 3.84. The van der Waals surface area contributed by atoms with E-state index >= 15 is 0 Å². The van der Waals surface area contributed by atoms with Gasteiger partial charge < -0.3 is 10.2 Å². The Morgan fingerprint density at radius 3 is 2.94 bits per heavy atom. The van der Waals surface area contributed by atoms with Crippen LogP contribution in [0.3, 0.4) is 0 Å². The zero-order valence-corrected chi connectivity index (χ0v) is 10.3. The molecule has 3 rings (SSSR count). The van der Waals surface area contributed by atoms with Gasteiger partial charge in [-0.05, 0) is 31.2 Å². The van der Waals surface area contributed by atoms with Crippen molar-refractivity contribution < 1.29 is 4.79 Å². The fourth-order valence-electron chi connectivity index (χ4n) is 2.13. The minimum atomic E-state index is -0.0204. The third kappa shape index (κ3) is 1.54. The first kappa shape index (κ1) is 10.8. The number of nitrogens with one attached hydrogen (secondary N) is 1. The molecule has 0 saturated carbocycles. The smallest absolute Gasteiger partial charge is 0.260 e. The Morgan fingerprint density at radius 2 is 2.11 bits per heavy atom. The molecular weight excluding hydrogens is 226 g/mol. The van der Waals surface area contributed by atoms with Crippen LogP contribution in [0.15, 0.2) is 36.5 Å². The van der Waals surface area contributed by atoms with Gasteiger partial charge in [-0.2, -0.15) is 0 Å². The molecule has 0 spiro atoms. The van der Waals surface area contributed by atoms with Gasteiger partial charge in [0.15, 0.2) is 5.82 Å². The number of hydrogen-bond acceptors (Lipinski definition) is 3. The van der Waals surface area contributed by atoms with E-state index in [4.69, 9.17) is 0 Å². The largest absolute Gasteiger partial charge is 0.338 e. The lowest BCUT2D eigenvalue weighted by Crippen LogP contribution is -2.25. The first-order chi connectivity index (χ1) is 8.66. The number of benzene rings is 1. The van der Waals surface area contributed by atoms with Crippen LogP contribution in [0.2, 0.25) is 0 Å². The Balaban J connectivity index is 2.23. The van der Waals surface area contributed by atoms with Gasteiger partial charge in [-0.25, -0.2) is 4.98 Å². The number of amides is 1. The minimum Gasteiger partial charge on any atom is -0.338 e. The minimum absolute atomic E-state index is 0.0204. The second-order valence-electron chi connectivity index (χ2n) is 4.41. The van der Waals surface area contributed by atoms with E-state index in [0.717, 1.165) is 16.9 Å². The first-order valence-electron chi connectivity index (χ1n) is 5.77. The van der Waals surface area contributed by atoms with Crippen LogP contribution in [0.4, 0.5) is 17.2 Å². The summed E-state index contributed by atoms with van der Waals surface area (Å²) in [6.45, 7) is 1.98. The number of anilines is 3. The highest BCUT2D eigenvalue weighted by Gasteiger charge is 2.24. The van der Waals surface area contributed by atoms with Crippen molar-refractivity contribution in [3.8, 4) is 0 Å². The lowest BCUT2D eigenvalue weighted by Gasteiger charge is -2.16. The number of rotatable bonds is 0. The van der Waals surface area contributed by atoms with Crippen molar-refractivity contribution in [2.75, 3.05) is 17.3 Å². The molecule has 1 aliphatic rings. The average molecular weight is 239 g/mol. The van der Waals surface area contributed by atoms with Crippen molar-refractivity contribution >= 4 is 23.1 Å². The number of carbonyl (C=O) groups is 1. The van der Waals surface area contributed by atoms with E-state index in [2.05, 4.69) is 10.3 Å². The number of pyridine rings is 1. The van der Waals surface area contributed by atoms with Gasteiger partial charge >= 0.3 is 0 Å². The molecule has 1 N–H and O–H groups in total. The molecule has 1 aromatic carbocycles. The molecule has 2 aromatic rings. The summed E-state index contributed by atoms with van der Waals surface area (Å²) in [5.41, 5.74) is 3.33. The predicted octanol–water partition coefficient (Wildman–Crippen LogP) is 2.72. The monoisotopic (exact) mass is 239 g/mol. The molecule has 0 aliphatic carbocycles. The maximum absolute atomic E-state index is 12.4. The van der Waals surface area contributed by atoms with Gasteiger partial charge in [0.1, 0.15) is 0 Å². The van der Waals surface area contributed by atoms with Gasteiger partial charge in [-0.3, -0.25) is 4.79 Å². The van der Waals surface area contributed by atoms with E-state index in [-0.39, 0.29) is 5.91 Å². The molecule has 0 fully saturated rings. The highest BCUT2D eigenvalue weighted by atomic mass is 16.2. The Labute approximate surface area is 105 Å². The Hall–Kier alpha value is -2.36. The van der Waals surface area contributed by atoms with Crippen LogP contribution in [-0.2, 0) is 0 Å². The summed E-state index contributed by atoms with van der Waals surface area (Å²) < 4.78 is 0. The van der Waals surface area contributed by atoms with Gasteiger partial charge in [-0.1, -0.05) is 11.6 Å².